The average Bonchev–Trinajstić information content (AvgIpc) is 2.18. The van der Waals surface area contributed by atoms with Crippen molar-refractivity contribution < 1.29 is 33.1 Å². The Kier molecular flexibility index (Phi) is 7.15. The first-order chi connectivity index (χ1) is 6.93. The van der Waals surface area contributed by atoms with Crippen molar-refractivity contribution in [3.05, 3.63) is 35.9 Å². The Balaban J connectivity index is 0.000000583. The Morgan fingerprint density at radius 3 is 2.00 bits per heavy atom. The van der Waals surface area contributed by atoms with Crippen LogP contribution in [0.5, 0.6) is 0 Å². The van der Waals surface area contributed by atoms with Crippen molar-refractivity contribution in [3.8, 4) is 0 Å². The third-order valence-electron chi connectivity index (χ3n) is 1.24. The van der Waals surface area contributed by atoms with Gasteiger partial charge in [-0.25, -0.2) is 0 Å². The molecule has 0 saturated heterocycles. The Labute approximate surface area is 100 Å². The molecule has 0 fully saturated rings. The van der Waals surface area contributed by atoms with Crippen molar-refractivity contribution in [2.75, 3.05) is 0 Å². The van der Waals surface area contributed by atoms with Crippen molar-refractivity contribution in [2.45, 2.75) is 6.18 Å². The van der Waals surface area contributed by atoms with Gasteiger partial charge in [-0.1, -0.05) is 24.3 Å². The second kappa shape index (κ2) is 7.21. The molecule has 1 aromatic rings. The standard InChI is InChI=1S/C8H4F3O.2ClH.Zn/c9-8(10,11)7(12)6-4-2-1-3-5-6;;;/h2-5H;2*1H;/q;;;+2/p-2. The number of halogens is 5. The second-order valence-corrected chi connectivity index (χ2v) is 6.84. The molecule has 0 spiro atoms. The van der Waals surface area contributed by atoms with Gasteiger partial charge in [0.15, 0.2) is 0 Å². The van der Waals surface area contributed by atoms with Crippen LogP contribution in [0.25, 0.3) is 0 Å². The summed E-state index contributed by atoms with van der Waals surface area (Å²) in [6.45, 7) is 0. The number of carbonyl (C=O) groups excluding carboxylic acids is 1. The molecule has 1 nitrogen and oxygen atoms in total. The topological polar surface area (TPSA) is 17.1 Å². The zero-order chi connectivity index (χ0) is 11.9. The van der Waals surface area contributed by atoms with Gasteiger partial charge in [0.1, 0.15) is 0 Å². The zero-order valence-electron chi connectivity index (χ0n) is 7.31. The summed E-state index contributed by atoms with van der Waals surface area (Å²) in [7, 11) is 9.90. The predicted octanol–water partition coefficient (Wildman–Crippen LogP) is 3.61. The molecule has 1 aromatic carbocycles. The monoisotopic (exact) mass is 307 g/mol. The van der Waals surface area contributed by atoms with Crippen LogP contribution in [0.3, 0.4) is 0 Å². The van der Waals surface area contributed by atoms with E-state index in [0.717, 1.165) is 12.1 Å². The summed E-state index contributed by atoms with van der Waals surface area (Å²) < 4.78 is 35.3. The van der Waals surface area contributed by atoms with Gasteiger partial charge in [-0.2, -0.15) is 13.2 Å². The van der Waals surface area contributed by atoms with E-state index in [1.165, 1.54) is 12.1 Å². The third-order valence-corrected chi connectivity index (χ3v) is 1.24. The molecule has 15 heavy (non-hydrogen) atoms. The van der Waals surface area contributed by atoms with Crippen LogP contribution in [0, 0.1) is 6.07 Å². The average molecular weight is 309 g/mol. The SMILES string of the molecule is O=C(c1cc[c]cc1)C(F)(F)F.[Cl][Zn][Cl]. The van der Waals surface area contributed by atoms with E-state index in [1.807, 2.05) is 0 Å². The van der Waals surface area contributed by atoms with Crippen molar-refractivity contribution in [1.29, 1.82) is 0 Å². The van der Waals surface area contributed by atoms with E-state index in [9.17, 15) is 18.0 Å². The summed E-state index contributed by atoms with van der Waals surface area (Å²) in [5.41, 5.74) is -0.360. The van der Waals surface area contributed by atoms with E-state index in [0.29, 0.717) is 0 Å². The molecule has 1 rings (SSSR count). The summed E-state index contributed by atoms with van der Waals surface area (Å²) >= 11 is -0.931. The minimum absolute atomic E-state index is 0.360. The number of ketones is 1. The minimum atomic E-state index is -4.79. The normalized spacial score (nSPS) is 9.67. The molecular formula is C8H4Cl2F3OZn. The second-order valence-electron chi connectivity index (χ2n) is 2.22. The van der Waals surface area contributed by atoms with Crippen LogP contribution in [0.4, 0.5) is 13.2 Å². The first-order valence-corrected chi connectivity index (χ1v) is 11.4. The Hall–Kier alpha value is -0.117. The zero-order valence-corrected chi connectivity index (χ0v) is 11.8. The van der Waals surface area contributed by atoms with Crippen LogP contribution in [-0.2, 0) is 15.1 Å². The molecule has 0 unspecified atom stereocenters. The van der Waals surface area contributed by atoms with Crippen LogP contribution >= 0.6 is 19.4 Å². The van der Waals surface area contributed by atoms with Gasteiger partial charge in [0.25, 0.3) is 5.78 Å². The number of benzene rings is 1. The fraction of sp³-hybridized carbons (Fsp3) is 0.125. The molecule has 7 heteroatoms. The molecular weight excluding hydrogens is 305 g/mol. The van der Waals surface area contributed by atoms with Gasteiger partial charge in [0.2, 0.25) is 0 Å². The summed E-state index contributed by atoms with van der Waals surface area (Å²) in [6, 6.07) is 7.20. The fourth-order valence-corrected chi connectivity index (χ4v) is 0.702. The van der Waals surface area contributed by atoms with Gasteiger partial charge in [-0.15, -0.1) is 0 Å². The van der Waals surface area contributed by atoms with Crippen LogP contribution in [0.1, 0.15) is 10.4 Å². The molecule has 0 N–H and O–H groups in total. The molecule has 1 radical (unpaired) electrons. The summed E-state index contributed by atoms with van der Waals surface area (Å²) in [5, 5.41) is 0. The number of alkyl halides is 3. The van der Waals surface area contributed by atoms with Crippen LogP contribution in [0.2, 0.25) is 0 Å². The number of rotatable bonds is 1. The maximum absolute atomic E-state index is 11.8. The maximum atomic E-state index is 11.8. The molecule has 0 aromatic heterocycles. The molecule has 0 atom stereocenters. The third kappa shape index (κ3) is 6.13. The van der Waals surface area contributed by atoms with E-state index >= 15 is 0 Å². The van der Waals surface area contributed by atoms with Gasteiger partial charge in [0.05, 0.1) is 0 Å². The van der Waals surface area contributed by atoms with E-state index in [-0.39, 0.29) is 5.56 Å². The van der Waals surface area contributed by atoms with Crippen LogP contribution < -0.4 is 0 Å². The predicted molar refractivity (Wildman–Crippen MR) is 47.4 cm³/mol. The van der Waals surface area contributed by atoms with Gasteiger partial charge in [-0.3, -0.25) is 4.79 Å². The quantitative estimate of drug-likeness (QED) is 0.572. The molecule has 0 aliphatic rings. The first-order valence-electron chi connectivity index (χ1n) is 3.63. The summed E-state index contributed by atoms with van der Waals surface area (Å²) in [4.78, 5) is 10.5. The van der Waals surface area contributed by atoms with Crippen LogP contribution in [0.15, 0.2) is 24.3 Å². The summed E-state index contributed by atoms with van der Waals surface area (Å²) in [6.07, 6.45) is -4.79. The first kappa shape index (κ1) is 14.9. The molecule has 0 bridgehead atoms. The van der Waals surface area contributed by atoms with Gasteiger partial charge in [-0.05, 0) is 6.07 Å². The molecule has 0 amide bonds. The van der Waals surface area contributed by atoms with Crippen molar-refractivity contribution in [2.24, 2.45) is 0 Å². The number of hydrogen-bond acceptors (Lipinski definition) is 1. The fourth-order valence-electron chi connectivity index (χ4n) is 0.702. The molecule has 0 aliphatic heterocycles. The molecule has 0 heterocycles. The van der Waals surface area contributed by atoms with E-state index in [2.05, 4.69) is 6.07 Å². The van der Waals surface area contributed by atoms with Crippen molar-refractivity contribution >= 4 is 25.2 Å². The number of Topliss-reactive ketones (excluding diaryl/α,β-unsaturated/α-hetero) is 1. The summed E-state index contributed by atoms with van der Waals surface area (Å²) in [5.74, 6) is -1.82. The van der Waals surface area contributed by atoms with Crippen LogP contribution in [-0.4, -0.2) is 12.0 Å². The number of hydrogen-bond donors (Lipinski definition) is 0. The van der Waals surface area contributed by atoms with Crippen molar-refractivity contribution in [1.82, 2.24) is 0 Å². The Morgan fingerprint density at radius 2 is 1.67 bits per heavy atom. The van der Waals surface area contributed by atoms with E-state index < -0.39 is 27.1 Å². The van der Waals surface area contributed by atoms with Crippen molar-refractivity contribution in [3.63, 3.8) is 0 Å². The van der Waals surface area contributed by atoms with Gasteiger partial charge < -0.3 is 0 Å². The Morgan fingerprint density at radius 1 is 1.27 bits per heavy atom. The molecule has 0 saturated carbocycles. The Bertz CT molecular complexity index is 303. The van der Waals surface area contributed by atoms with Gasteiger partial charge >= 0.3 is 40.7 Å². The molecule has 79 valence electrons. The number of carbonyl (C=O) groups is 1. The van der Waals surface area contributed by atoms with E-state index in [1.54, 1.807) is 0 Å². The molecule has 0 aliphatic carbocycles. The van der Waals surface area contributed by atoms with Gasteiger partial charge in [0, 0.05) is 5.56 Å². The van der Waals surface area contributed by atoms with E-state index in [4.69, 9.17) is 19.4 Å².